The number of hydrogen-bond donors (Lipinski definition) is 0. The van der Waals surface area contributed by atoms with Gasteiger partial charge in [0.2, 0.25) is 0 Å². The fraction of sp³-hybridized carbons (Fsp3) is 0.357. The summed E-state index contributed by atoms with van der Waals surface area (Å²) in [5.41, 5.74) is 7.50. The molecule has 5 rings (SSSR count). The molecule has 3 aromatic rings. The van der Waals surface area contributed by atoms with Crippen LogP contribution in [-0.4, -0.2) is 24.3 Å². The van der Waals surface area contributed by atoms with Gasteiger partial charge < -0.3 is 18.8 Å². The van der Waals surface area contributed by atoms with Gasteiger partial charge in [0, 0.05) is 36.4 Å². The Labute approximate surface area is 199 Å². The highest BCUT2D eigenvalue weighted by Crippen LogP contribution is 2.43. The van der Waals surface area contributed by atoms with E-state index in [1.54, 1.807) is 11.6 Å². The largest absolute Gasteiger partial charge is 0.492 e. The molecule has 2 aromatic carbocycles. The minimum Gasteiger partial charge on any atom is -0.492 e. The van der Waals surface area contributed by atoms with Crippen molar-refractivity contribution in [3.8, 4) is 22.6 Å². The van der Waals surface area contributed by atoms with Crippen molar-refractivity contribution in [2.75, 3.05) is 13.7 Å². The monoisotopic (exact) mass is 459 g/mol. The van der Waals surface area contributed by atoms with Gasteiger partial charge in [-0.1, -0.05) is 24.3 Å². The molecule has 176 valence electrons. The van der Waals surface area contributed by atoms with Crippen LogP contribution in [0.15, 0.2) is 47.4 Å². The number of carbonyl (C=O) groups excluding carboxylic acids is 1. The van der Waals surface area contributed by atoms with Gasteiger partial charge in [0.1, 0.15) is 17.6 Å². The molecule has 2 aliphatic rings. The number of esters is 1. The van der Waals surface area contributed by atoms with Crippen LogP contribution in [0, 0.1) is 13.8 Å². The van der Waals surface area contributed by atoms with Crippen LogP contribution in [-0.2, 0) is 23.0 Å². The summed E-state index contributed by atoms with van der Waals surface area (Å²) in [6.45, 7) is 4.44. The number of fused-ring (bicyclic) bond motifs is 2. The predicted octanol–water partition coefficient (Wildman–Crippen LogP) is 4.77. The Morgan fingerprint density at radius 2 is 2.00 bits per heavy atom. The Morgan fingerprint density at radius 3 is 2.79 bits per heavy atom. The second-order valence-electron chi connectivity index (χ2n) is 9.23. The summed E-state index contributed by atoms with van der Waals surface area (Å²) in [6, 6.07) is 12.1. The van der Waals surface area contributed by atoms with Crippen molar-refractivity contribution in [2.24, 2.45) is 7.05 Å². The van der Waals surface area contributed by atoms with Crippen molar-refractivity contribution in [1.82, 2.24) is 4.57 Å². The number of pyridine rings is 1. The first-order valence-corrected chi connectivity index (χ1v) is 11.7. The van der Waals surface area contributed by atoms with E-state index in [-0.39, 0.29) is 23.6 Å². The summed E-state index contributed by atoms with van der Waals surface area (Å²) < 4.78 is 18.7. The van der Waals surface area contributed by atoms with Gasteiger partial charge in [-0.25, -0.2) is 0 Å². The van der Waals surface area contributed by atoms with Gasteiger partial charge in [-0.2, -0.15) is 0 Å². The third kappa shape index (κ3) is 3.77. The molecule has 0 N–H and O–H groups in total. The first kappa shape index (κ1) is 22.3. The van der Waals surface area contributed by atoms with Crippen molar-refractivity contribution >= 4 is 5.97 Å². The van der Waals surface area contributed by atoms with Crippen molar-refractivity contribution in [3.63, 3.8) is 0 Å². The molecule has 1 aliphatic carbocycles. The van der Waals surface area contributed by atoms with E-state index in [0.29, 0.717) is 13.0 Å². The van der Waals surface area contributed by atoms with Crippen molar-refractivity contribution in [3.05, 3.63) is 80.8 Å². The predicted molar refractivity (Wildman–Crippen MR) is 130 cm³/mol. The molecule has 2 atom stereocenters. The Morgan fingerprint density at radius 1 is 1.18 bits per heavy atom. The maximum absolute atomic E-state index is 12.6. The van der Waals surface area contributed by atoms with Gasteiger partial charge in [0.25, 0.3) is 5.56 Å². The number of rotatable bonds is 5. The van der Waals surface area contributed by atoms with E-state index in [1.807, 2.05) is 31.3 Å². The second kappa shape index (κ2) is 8.67. The van der Waals surface area contributed by atoms with Crippen molar-refractivity contribution in [2.45, 2.75) is 45.1 Å². The number of benzene rings is 2. The van der Waals surface area contributed by atoms with E-state index in [1.165, 1.54) is 18.2 Å². The normalized spacial score (nSPS) is 18.2. The van der Waals surface area contributed by atoms with Crippen molar-refractivity contribution in [1.29, 1.82) is 0 Å². The van der Waals surface area contributed by atoms with E-state index in [0.717, 1.165) is 52.2 Å². The van der Waals surface area contributed by atoms with Gasteiger partial charge in [0.15, 0.2) is 0 Å². The highest BCUT2D eigenvalue weighted by Gasteiger charge is 2.30. The fourth-order valence-corrected chi connectivity index (χ4v) is 5.42. The number of aromatic nitrogens is 1. The van der Waals surface area contributed by atoms with E-state index in [2.05, 4.69) is 25.1 Å². The van der Waals surface area contributed by atoms with Crippen LogP contribution in [0.1, 0.15) is 52.7 Å². The average Bonchev–Trinajstić information content (AvgIpc) is 3.42. The van der Waals surface area contributed by atoms with Crippen molar-refractivity contribution < 1.29 is 19.0 Å². The molecule has 0 saturated carbocycles. The lowest BCUT2D eigenvalue weighted by atomic mass is 9.92. The Hall–Kier alpha value is -3.54. The van der Waals surface area contributed by atoms with Gasteiger partial charge in [-0.15, -0.1) is 0 Å². The molecule has 0 fully saturated rings. The minimum absolute atomic E-state index is 0.0105. The molecule has 1 aromatic heterocycles. The minimum atomic E-state index is -0.234. The summed E-state index contributed by atoms with van der Waals surface area (Å²) in [6.07, 6.45) is 3.92. The molecule has 34 heavy (non-hydrogen) atoms. The summed E-state index contributed by atoms with van der Waals surface area (Å²) in [5.74, 6) is 1.30. The van der Waals surface area contributed by atoms with Gasteiger partial charge in [-0.05, 0) is 60.6 Å². The summed E-state index contributed by atoms with van der Waals surface area (Å²) in [4.78, 5) is 24.3. The lowest BCUT2D eigenvalue weighted by Crippen LogP contribution is -2.20. The zero-order chi connectivity index (χ0) is 24.0. The van der Waals surface area contributed by atoms with Crippen LogP contribution >= 0.6 is 0 Å². The maximum Gasteiger partial charge on any atom is 0.306 e. The lowest BCUT2D eigenvalue weighted by molar-refractivity contribution is -0.141. The van der Waals surface area contributed by atoms with E-state index >= 15 is 0 Å². The molecular formula is C28H29NO5. The quantitative estimate of drug-likeness (QED) is 0.514. The van der Waals surface area contributed by atoms with E-state index < -0.39 is 0 Å². The molecular weight excluding hydrogens is 430 g/mol. The first-order valence-electron chi connectivity index (χ1n) is 11.7. The molecule has 0 radical (unpaired) electrons. The van der Waals surface area contributed by atoms with Crippen LogP contribution in [0.25, 0.3) is 11.1 Å². The Bertz CT molecular complexity index is 1340. The summed E-state index contributed by atoms with van der Waals surface area (Å²) >= 11 is 0. The molecule has 0 amide bonds. The Balaban J connectivity index is 1.42. The number of aryl methyl sites for hydroxylation is 2. The molecule has 0 unspecified atom stereocenters. The average molecular weight is 460 g/mol. The number of carbonyl (C=O) groups is 1. The zero-order valence-electron chi connectivity index (χ0n) is 20.0. The molecule has 0 bridgehead atoms. The first-order chi connectivity index (χ1) is 16.4. The number of ether oxygens (including phenoxy) is 3. The van der Waals surface area contributed by atoms with Crippen LogP contribution < -0.4 is 15.0 Å². The third-order valence-corrected chi connectivity index (χ3v) is 7.07. The standard InChI is InChI=1S/C28H29NO5/c1-16-14-29(3)28(31)17(2)27(16)23-7-5-6-22-21(23)10-11-24(22)34-19-8-9-20-18(12-26(30)32-4)15-33-25(20)13-19/h5-9,13-14,18,24H,10-12,15H2,1-4H3/t18-,24-/m1/s1. The zero-order valence-corrected chi connectivity index (χ0v) is 20.0. The topological polar surface area (TPSA) is 66.8 Å². The number of nitrogens with zero attached hydrogens (tertiary/aromatic N) is 1. The Kier molecular flexibility index (Phi) is 5.68. The molecule has 1 aliphatic heterocycles. The fourth-order valence-electron chi connectivity index (χ4n) is 5.42. The maximum atomic E-state index is 12.6. The molecule has 0 spiro atoms. The molecule has 6 nitrogen and oxygen atoms in total. The van der Waals surface area contributed by atoms with Crippen LogP contribution in [0.2, 0.25) is 0 Å². The second-order valence-corrected chi connectivity index (χ2v) is 9.23. The smallest absolute Gasteiger partial charge is 0.306 e. The van der Waals surface area contributed by atoms with Gasteiger partial charge in [-0.3, -0.25) is 9.59 Å². The van der Waals surface area contributed by atoms with E-state index in [4.69, 9.17) is 14.2 Å². The highest BCUT2D eigenvalue weighted by atomic mass is 16.5. The van der Waals surface area contributed by atoms with Gasteiger partial charge >= 0.3 is 5.97 Å². The molecule has 0 saturated heterocycles. The third-order valence-electron chi connectivity index (χ3n) is 7.07. The summed E-state index contributed by atoms with van der Waals surface area (Å²) in [7, 11) is 3.20. The van der Waals surface area contributed by atoms with Gasteiger partial charge in [0.05, 0.1) is 20.1 Å². The van der Waals surface area contributed by atoms with Crippen LogP contribution in [0.5, 0.6) is 11.5 Å². The molecule has 6 heteroatoms. The van der Waals surface area contributed by atoms with Crippen LogP contribution in [0.3, 0.4) is 0 Å². The lowest BCUT2D eigenvalue weighted by Gasteiger charge is -2.18. The van der Waals surface area contributed by atoms with Crippen LogP contribution in [0.4, 0.5) is 0 Å². The highest BCUT2D eigenvalue weighted by molar-refractivity contribution is 5.75. The summed E-state index contributed by atoms with van der Waals surface area (Å²) in [5, 5.41) is 0. The molecule has 2 heterocycles. The van der Waals surface area contributed by atoms with E-state index in [9.17, 15) is 9.59 Å². The number of hydrogen-bond acceptors (Lipinski definition) is 5. The SMILES string of the molecule is COC(=O)C[C@@H]1COc2cc(O[C@@H]3CCc4c(-c5c(C)cn(C)c(=O)c5C)cccc43)ccc21. The number of methoxy groups -OCH3 is 1.